The van der Waals surface area contributed by atoms with E-state index in [0.29, 0.717) is 6.54 Å². The maximum atomic E-state index is 10.5. The number of aliphatic imine (C=N–C) groups is 1. The summed E-state index contributed by atoms with van der Waals surface area (Å²) in [5.74, 6) is 1.80. The van der Waals surface area contributed by atoms with Crippen molar-refractivity contribution in [3.05, 3.63) is 24.2 Å². The Bertz CT molecular complexity index is 608. The molecule has 0 amide bonds. The number of aliphatic hydroxyl groups is 1. The van der Waals surface area contributed by atoms with Crippen LogP contribution in [0.4, 0.5) is 0 Å². The first-order chi connectivity index (χ1) is 14.2. The third kappa shape index (κ3) is 8.36. The first-order valence-electron chi connectivity index (χ1n) is 11.2. The van der Waals surface area contributed by atoms with E-state index in [-0.39, 0.29) is 35.5 Å². The Kier molecular flexibility index (Phi) is 11.5. The van der Waals surface area contributed by atoms with E-state index in [1.807, 2.05) is 12.1 Å². The van der Waals surface area contributed by atoms with Crippen molar-refractivity contribution >= 4 is 29.9 Å². The number of ether oxygens (including phenoxy) is 1. The fourth-order valence-electron chi connectivity index (χ4n) is 4.09. The molecule has 0 radical (unpaired) electrons. The summed E-state index contributed by atoms with van der Waals surface area (Å²) in [6, 6.07) is 3.91. The lowest BCUT2D eigenvalue weighted by molar-refractivity contribution is 0.00716. The topological polar surface area (TPSA) is 82.3 Å². The van der Waals surface area contributed by atoms with Gasteiger partial charge in [-0.15, -0.1) is 24.0 Å². The first-order valence-corrected chi connectivity index (χ1v) is 11.2. The minimum Gasteiger partial charge on any atom is -0.469 e. The minimum atomic E-state index is -0.259. The molecule has 1 aliphatic carbocycles. The Labute approximate surface area is 198 Å². The zero-order valence-corrected chi connectivity index (χ0v) is 20.6. The molecule has 0 aromatic carbocycles. The Morgan fingerprint density at radius 3 is 2.80 bits per heavy atom. The predicted octanol–water partition coefficient (Wildman–Crippen LogP) is 2.64. The maximum absolute atomic E-state index is 10.5. The largest absolute Gasteiger partial charge is 0.469 e. The lowest BCUT2D eigenvalue weighted by Crippen LogP contribution is -2.43. The van der Waals surface area contributed by atoms with Crippen LogP contribution in [0.5, 0.6) is 0 Å². The van der Waals surface area contributed by atoms with Crippen LogP contribution in [0, 0.1) is 5.41 Å². The van der Waals surface area contributed by atoms with Gasteiger partial charge >= 0.3 is 0 Å². The summed E-state index contributed by atoms with van der Waals surface area (Å²) in [5.41, 5.74) is -0.123. The predicted molar refractivity (Wildman–Crippen MR) is 131 cm³/mol. The normalized spacial score (nSPS) is 25.5. The molecule has 1 saturated carbocycles. The number of hydrogen-bond acceptors (Lipinski definition) is 5. The molecule has 2 atom stereocenters. The number of nitrogens with zero attached hydrogens (tertiary/aromatic N) is 2. The number of guanidine groups is 1. The van der Waals surface area contributed by atoms with Crippen LogP contribution in [-0.2, 0) is 11.2 Å². The second-order valence-corrected chi connectivity index (χ2v) is 8.57. The molecule has 1 aromatic rings. The number of hydrogen-bond donors (Lipinski definition) is 3. The molecule has 2 unspecified atom stereocenters. The van der Waals surface area contributed by atoms with Crippen molar-refractivity contribution in [2.45, 2.75) is 51.6 Å². The van der Waals surface area contributed by atoms with Crippen molar-refractivity contribution in [1.29, 1.82) is 0 Å². The van der Waals surface area contributed by atoms with Crippen LogP contribution in [0.1, 0.15) is 44.8 Å². The zero-order valence-electron chi connectivity index (χ0n) is 18.3. The van der Waals surface area contributed by atoms with Gasteiger partial charge in [-0.05, 0) is 37.9 Å². The third-order valence-electron chi connectivity index (χ3n) is 6.17. The monoisotopic (exact) mass is 534 g/mol. The molecule has 2 heterocycles. The van der Waals surface area contributed by atoms with Crippen molar-refractivity contribution in [3.8, 4) is 0 Å². The fourth-order valence-corrected chi connectivity index (χ4v) is 4.09. The molecule has 172 valence electrons. The highest BCUT2D eigenvalue weighted by molar-refractivity contribution is 14.0. The molecule has 2 fully saturated rings. The quantitative estimate of drug-likeness (QED) is 0.196. The minimum absolute atomic E-state index is 0. The van der Waals surface area contributed by atoms with E-state index in [2.05, 4.69) is 22.5 Å². The highest BCUT2D eigenvalue weighted by atomic mass is 127. The number of halogens is 1. The Balaban J connectivity index is 0.00000320. The first kappa shape index (κ1) is 25.4. The molecule has 2 aliphatic rings. The summed E-state index contributed by atoms with van der Waals surface area (Å²) in [4.78, 5) is 7.29. The van der Waals surface area contributed by atoms with Crippen molar-refractivity contribution in [3.63, 3.8) is 0 Å². The van der Waals surface area contributed by atoms with Crippen molar-refractivity contribution in [1.82, 2.24) is 15.5 Å². The van der Waals surface area contributed by atoms with Crippen LogP contribution in [0.2, 0.25) is 0 Å². The van der Waals surface area contributed by atoms with Crippen LogP contribution in [0.25, 0.3) is 0 Å². The number of morpholine rings is 1. The van der Waals surface area contributed by atoms with Crippen molar-refractivity contribution in [2.24, 2.45) is 10.4 Å². The van der Waals surface area contributed by atoms with Gasteiger partial charge in [0.25, 0.3) is 0 Å². The van der Waals surface area contributed by atoms with Gasteiger partial charge in [0, 0.05) is 38.0 Å². The SMILES string of the molecule is CC1(CN=C(NCCCN2CCOCC2)NCCc2ccco2)CCCCC1O.I. The van der Waals surface area contributed by atoms with Crippen LogP contribution < -0.4 is 10.6 Å². The van der Waals surface area contributed by atoms with Crippen LogP contribution in [-0.4, -0.2) is 74.6 Å². The van der Waals surface area contributed by atoms with Gasteiger partial charge in [0.2, 0.25) is 0 Å². The van der Waals surface area contributed by atoms with Crippen molar-refractivity contribution in [2.75, 3.05) is 52.5 Å². The second kappa shape index (κ2) is 13.5. The van der Waals surface area contributed by atoms with Gasteiger partial charge in [-0.3, -0.25) is 9.89 Å². The molecule has 0 bridgehead atoms. The van der Waals surface area contributed by atoms with Crippen LogP contribution >= 0.6 is 24.0 Å². The Morgan fingerprint density at radius 1 is 1.27 bits per heavy atom. The fraction of sp³-hybridized carbons (Fsp3) is 0.773. The number of aliphatic hydroxyl groups excluding tert-OH is 1. The summed E-state index contributed by atoms with van der Waals surface area (Å²) in [6.45, 7) is 9.27. The van der Waals surface area contributed by atoms with E-state index in [1.165, 1.54) is 6.42 Å². The van der Waals surface area contributed by atoms with E-state index in [4.69, 9.17) is 14.1 Å². The highest BCUT2D eigenvalue weighted by Crippen LogP contribution is 2.36. The van der Waals surface area contributed by atoms with E-state index in [9.17, 15) is 5.11 Å². The lowest BCUT2D eigenvalue weighted by Gasteiger charge is -2.37. The summed E-state index contributed by atoms with van der Waals surface area (Å²) < 4.78 is 10.8. The summed E-state index contributed by atoms with van der Waals surface area (Å²) in [7, 11) is 0. The lowest BCUT2D eigenvalue weighted by atomic mass is 9.73. The molecule has 1 saturated heterocycles. The van der Waals surface area contributed by atoms with E-state index in [0.717, 1.165) is 89.8 Å². The molecule has 1 aliphatic heterocycles. The molecular formula is C22H39IN4O3. The van der Waals surface area contributed by atoms with E-state index >= 15 is 0 Å². The second-order valence-electron chi connectivity index (χ2n) is 8.57. The summed E-state index contributed by atoms with van der Waals surface area (Å²) in [5, 5.41) is 17.4. The van der Waals surface area contributed by atoms with Gasteiger partial charge in [0.05, 0.1) is 32.1 Å². The molecule has 3 rings (SSSR count). The standard InChI is InChI=1S/C22H38N4O3.HI/c1-22(9-3-2-7-20(22)27)18-25-21(24-11-8-19-6-4-15-29-19)23-10-5-12-26-13-16-28-17-14-26;/h4,6,15,20,27H,2-3,5,7-14,16-18H2,1H3,(H2,23,24,25);1H. The summed E-state index contributed by atoms with van der Waals surface area (Å²) in [6.07, 6.45) is 7.56. The van der Waals surface area contributed by atoms with Gasteiger partial charge < -0.3 is 24.9 Å². The molecule has 0 spiro atoms. The van der Waals surface area contributed by atoms with E-state index in [1.54, 1.807) is 6.26 Å². The zero-order chi connectivity index (χ0) is 20.4. The molecular weight excluding hydrogens is 495 g/mol. The average molecular weight is 534 g/mol. The van der Waals surface area contributed by atoms with Gasteiger partial charge in [0.15, 0.2) is 5.96 Å². The van der Waals surface area contributed by atoms with Crippen molar-refractivity contribution < 1.29 is 14.3 Å². The number of furan rings is 1. The highest BCUT2D eigenvalue weighted by Gasteiger charge is 2.35. The van der Waals surface area contributed by atoms with E-state index < -0.39 is 0 Å². The molecule has 3 N–H and O–H groups in total. The van der Waals surface area contributed by atoms with Gasteiger partial charge in [-0.2, -0.15) is 0 Å². The third-order valence-corrected chi connectivity index (χ3v) is 6.17. The Morgan fingerprint density at radius 2 is 2.07 bits per heavy atom. The van der Waals surface area contributed by atoms with Gasteiger partial charge in [-0.25, -0.2) is 0 Å². The molecule has 7 nitrogen and oxygen atoms in total. The molecule has 8 heteroatoms. The number of rotatable bonds is 9. The van der Waals surface area contributed by atoms with Crippen LogP contribution in [0.3, 0.4) is 0 Å². The van der Waals surface area contributed by atoms with Gasteiger partial charge in [-0.1, -0.05) is 19.8 Å². The average Bonchev–Trinajstić information content (AvgIpc) is 3.25. The van der Waals surface area contributed by atoms with Crippen LogP contribution in [0.15, 0.2) is 27.8 Å². The smallest absolute Gasteiger partial charge is 0.191 e. The maximum Gasteiger partial charge on any atom is 0.191 e. The molecule has 1 aromatic heterocycles. The summed E-state index contributed by atoms with van der Waals surface area (Å²) >= 11 is 0. The number of nitrogens with one attached hydrogen (secondary N) is 2. The molecule has 30 heavy (non-hydrogen) atoms. The van der Waals surface area contributed by atoms with Gasteiger partial charge in [0.1, 0.15) is 5.76 Å². The Hall–Kier alpha value is -0.840.